The first-order valence-corrected chi connectivity index (χ1v) is 5.56. The summed E-state index contributed by atoms with van der Waals surface area (Å²) in [5.74, 6) is -0.267. The van der Waals surface area contributed by atoms with E-state index in [4.69, 9.17) is 10.8 Å². The average molecular weight is 228 g/mol. The lowest BCUT2D eigenvalue weighted by Crippen LogP contribution is -2.49. The molecule has 0 saturated carbocycles. The van der Waals surface area contributed by atoms with Crippen LogP contribution in [0, 0.1) is 0 Å². The second-order valence-corrected chi connectivity index (χ2v) is 5.00. The van der Waals surface area contributed by atoms with Gasteiger partial charge in [0.1, 0.15) is 6.04 Å². The molecule has 0 bridgehead atoms. The Hall–Kier alpha value is -0.910. The molecule has 0 fully saturated rings. The minimum Gasteiger partial charge on any atom is -0.394 e. The lowest BCUT2D eigenvalue weighted by Gasteiger charge is -2.25. The smallest absolute Gasteiger partial charge is 0.242 e. The number of rotatable bonds is 4. The van der Waals surface area contributed by atoms with E-state index in [1.165, 1.54) is 11.3 Å². The Morgan fingerprint density at radius 1 is 1.73 bits per heavy atom. The zero-order chi connectivity index (χ0) is 11.5. The van der Waals surface area contributed by atoms with Crippen molar-refractivity contribution in [2.45, 2.75) is 25.4 Å². The summed E-state index contributed by atoms with van der Waals surface area (Å²) in [5, 5.41) is 13.6. The Morgan fingerprint density at radius 2 is 2.40 bits per heavy atom. The second-order valence-electron chi connectivity index (χ2n) is 4.02. The fourth-order valence-electron chi connectivity index (χ4n) is 1.05. The largest absolute Gasteiger partial charge is 0.394 e. The molecule has 4 N–H and O–H groups in total. The molecule has 0 spiro atoms. The topological polar surface area (TPSA) is 75.3 Å². The Labute approximate surface area is 93.1 Å². The minimum atomic E-state index is -0.657. The number of amides is 1. The monoisotopic (exact) mass is 228 g/mol. The van der Waals surface area contributed by atoms with Crippen LogP contribution in [0.4, 0.5) is 0 Å². The van der Waals surface area contributed by atoms with Gasteiger partial charge in [-0.15, -0.1) is 11.3 Å². The minimum absolute atomic E-state index is 0.115. The van der Waals surface area contributed by atoms with E-state index >= 15 is 0 Å². The van der Waals surface area contributed by atoms with E-state index in [0.717, 1.165) is 4.88 Å². The SMILES string of the molecule is CC(C)(CO)NC(=O)C(N)c1cccs1. The lowest BCUT2D eigenvalue weighted by atomic mass is 10.1. The molecule has 1 amide bonds. The van der Waals surface area contributed by atoms with Crippen molar-refractivity contribution in [3.05, 3.63) is 22.4 Å². The van der Waals surface area contributed by atoms with Crippen LogP contribution in [0.3, 0.4) is 0 Å². The molecule has 84 valence electrons. The van der Waals surface area contributed by atoms with Crippen LogP contribution >= 0.6 is 11.3 Å². The first-order valence-electron chi connectivity index (χ1n) is 4.68. The summed E-state index contributed by atoms with van der Waals surface area (Å²) >= 11 is 1.44. The van der Waals surface area contributed by atoms with Crippen molar-refractivity contribution in [2.24, 2.45) is 5.73 Å². The second kappa shape index (κ2) is 4.74. The van der Waals surface area contributed by atoms with Crippen LogP contribution < -0.4 is 11.1 Å². The summed E-state index contributed by atoms with van der Waals surface area (Å²) < 4.78 is 0. The third kappa shape index (κ3) is 3.30. The maximum Gasteiger partial charge on any atom is 0.242 e. The quantitative estimate of drug-likeness (QED) is 0.707. The Morgan fingerprint density at radius 3 is 2.87 bits per heavy atom. The van der Waals surface area contributed by atoms with E-state index in [0.29, 0.717) is 0 Å². The molecule has 1 atom stereocenters. The van der Waals surface area contributed by atoms with Crippen LogP contribution in [0.2, 0.25) is 0 Å². The van der Waals surface area contributed by atoms with Gasteiger partial charge in [-0.2, -0.15) is 0 Å². The van der Waals surface area contributed by atoms with E-state index < -0.39 is 11.6 Å². The number of nitrogens with one attached hydrogen (secondary N) is 1. The van der Waals surface area contributed by atoms with E-state index in [-0.39, 0.29) is 12.5 Å². The molecule has 15 heavy (non-hydrogen) atoms. The number of thiophene rings is 1. The fourth-order valence-corrected chi connectivity index (χ4v) is 1.77. The van der Waals surface area contributed by atoms with E-state index in [1.54, 1.807) is 13.8 Å². The summed E-state index contributed by atoms with van der Waals surface area (Å²) in [4.78, 5) is 12.5. The van der Waals surface area contributed by atoms with Gasteiger partial charge in [-0.3, -0.25) is 4.79 Å². The molecule has 0 aromatic carbocycles. The normalized spacial score (nSPS) is 13.6. The van der Waals surface area contributed by atoms with E-state index in [2.05, 4.69) is 5.32 Å². The zero-order valence-corrected chi connectivity index (χ0v) is 9.67. The number of carbonyl (C=O) groups excluding carboxylic acids is 1. The van der Waals surface area contributed by atoms with Crippen LogP contribution in [0.15, 0.2) is 17.5 Å². The lowest BCUT2D eigenvalue weighted by molar-refractivity contribution is -0.124. The van der Waals surface area contributed by atoms with Crippen LogP contribution in [0.1, 0.15) is 24.8 Å². The molecule has 0 radical (unpaired) electrons. The van der Waals surface area contributed by atoms with Crippen LogP contribution in [0.5, 0.6) is 0 Å². The molecular formula is C10H16N2O2S. The van der Waals surface area contributed by atoms with Gasteiger partial charge in [-0.05, 0) is 25.3 Å². The van der Waals surface area contributed by atoms with Crippen LogP contribution in [0.25, 0.3) is 0 Å². The Balaban J connectivity index is 2.62. The molecule has 1 aromatic rings. The molecule has 5 heteroatoms. The molecule has 0 saturated heterocycles. The van der Waals surface area contributed by atoms with Gasteiger partial charge in [0.25, 0.3) is 0 Å². The zero-order valence-electron chi connectivity index (χ0n) is 8.86. The van der Waals surface area contributed by atoms with Crippen molar-refractivity contribution in [3.63, 3.8) is 0 Å². The average Bonchev–Trinajstić information content (AvgIpc) is 2.68. The van der Waals surface area contributed by atoms with Crippen molar-refractivity contribution in [2.75, 3.05) is 6.61 Å². The molecule has 1 rings (SSSR count). The van der Waals surface area contributed by atoms with Gasteiger partial charge >= 0.3 is 0 Å². The summed E-state index contributed by atoms with van der Waals surface area (Å²) in [7, 11) is 0. The van der Waals surface area contributed by atoms with Crippen molar-refractivity contribution >= 4 is 17.2 Å². The van der Waals surface area contributed by atoms with Crippen LogP contribution in [-0.4, -0.2) is 23.2 Å². The van der Waals surface area contributed by atoms with E-state index in [1.807, 2.05) is 17.5 Å². The maximum atomic E-state index is 11.7. The molecule has 0 aliphatic carbocycles. The van der Waals surface area contributed by atoms with Gasteiger partial charge in [-0.1, -0.05) is 6.07 Å². The molecule has 1 aromatic heterocycles. The summed E-state index contributed by atoms with van der Waals surface area (Å²) in [6.45, 7) is 3.37. The highest BCUT2D eigenvalue weighted by atomic mass is 32.1. The number of aliphatic hydroxyl groups excluding tert-OH is 1. The fraction of sp³-hybridized carbons (Fsp3) is 0.500. The van der Waals surface area contributed by atoms with Gasteiger partial charge in [0.2, 0.25) is 5.91 Å². The van der Waals surface area contributed by atoms with E-state index in [9.17, 15) is 4.79 Å². The first kappa shape index (κ1) is 12.2. The number of carbonyl (C=O) groups is 1. The summed E-state index contributed by atoms with van der Waals surface area (Å²) in [6, 6.07) is 3.02. The number of hydrogen-bond donors (Lipinski definition) is 3. The van der Waals surface area contributed by atoms with Crippen molar-refractivity contribution in [1.29, 1.82) is 0 Å². The van der Waals surface area contributed by atoms with Crippen molar-refractivity contribution in [3.8, 4) is 0 Å². The highest BCUT2D eigenvalue weighted by Crippen LogP contribution is 2.17. The highest BCUT2D eigenvalue weighted by Gasteiger charge is 2.24. The molecule has 4 nitrogen and oxygen atoms in total. The van der Waals surface area contributed by atoms with Gasteiger partial charge < -0.3 is 16.2 Å². The summed E-state index contributed by atoms with van der Waals surface area (Å²) in [6.07, 6.45) is 0. The van der Waals surface area contributed by atoms with Crippen LogP contribution in [-0.2, 0) is 4.79 Å². The van der Waals surface area contributed by atoms with Crippen molar-refractivity contribution < 1.29 is 9.90 Å². The first-order chi connectivity index (χ1) is 6.96. The van der Waals surface area contributed by atoms with Crippen molar-refractivity contribution in [1.82, 2.24) is 5.32 Å². The highest BCUT2D eigenvalue weighted by molar-refractivity contribution is 7.10. The Kier molecular flexibility index (Phi) is 3.84. The standard InChI is InChI=1S/C10H16N2O2S/c1-10(2,6-13)12-9(14)8(11)7-4-3-5-15-7/h3-5,8,13H,6,11H2,1-2H3,(H,12,14). The third-order valence-electron chi connectivity index (χ3n) is 1.99. The third-order valence-corrected chi connectivity index (χ3v) is 2.94. The molecular weight excluding hydrogens is 212 g/mol. The number of nitrogens with two attached hydrogens (primary N) is 1. The predicted octanol–water partition coefficient (Wildman–Crippen LogP) is 0.635. The van der Waals surface area contributed by atoms with Gasteiger partial charge in [0.05, 0.1) is 12.1 Å². The van der Waals surface area contributed by atoms with Gasteiger partial charge in [-0.25, -0.2) is 0 Å². The summed E-state index contributed by atoms with van der Waals surface area (Å²) in [5.41, 5.74) is 5.13. The number of hydrogen-bond acceptors (Lipinski definition) is 4. The molecule has 1 heterocycles. The molecule has 1 unspecified atom stereocenters. The van der Waals surface area contributed by atoms with Gasteiger partial charge in [0, 0.05) is 4.88 Å². The van der Waals surface area contributed by atoms with Gasteiger partial charge in [0.15, 0.2) is 0 Å². The maximum absolute atomic E-state index is 11.7. The number of aliphatic hydroxyl groups is 1. The predicted molar refractivity (Wildman–Crippen MR) is 60.6 cm³/mol. The molecule has 0 aliphatic rings. The molecule has 0 aliphatic heterocycles. The Bertz CT molecular complexity index is 322.